The van der Waals surface area contributed by atoms with E-state index in [1.807, 2.05) is 48.5 Å². The van der Waals surface area contributed by atoms with Crippen molar-refractivity contribution in [1.29, 1.82) is 0 Å². The van der Waals surface area contributed by atoms with Gasteiger partial charge in [-0.25, -0.2) is 9.59 Å². The smallest absolute Gasteiger partial charge is 0.342 e. The number of methoxy groups -OCH3 is 4. The summed E-state index contributed by atoms with van der Waals surface area (Å²) in [5.41, 5.74) is 1.42. The highest BCUT2D eigenvalue weighted by molar-refractivity contribution is 6.06. The third kappa shape index (κ3) is 2.35. The third-order valence-corrected chi connectivity index (χ3v) is 5.42. The lowest BCUT2D eigenvalue weighted by Crippen LogP contribution is -2.42. The summed E-state index contributed by atoms with van der Waals surface area (Å²) in [6.45, 7) is 0. The third-order valence-electron chi connectivity index (χ3n) is 5.42. The molecule has 0 saturated carbocycles. The van der Waals surface area contributed by atoms with Crippen LogP contribution >= 0.6 is 0 Å². The Morgan fingerprint density at radius 1 is 0.724 bits per heavy atom. The summed E-state index contributed by atoms with van der Waals surface area (Å²) >= 11 is 0. The van der Waals surface area contributed by atoms with Crippen LogP contribution in [0.3, 0.4) is 0 Å². The Balaban J connectivity index is 2.17. The summed E-state index contributed by atoms with van der Waals surface area (Å²) in [5, 5.41) is 0. The molecule has 0 aromatic heterocycles. The molecule has 7 nitrogen and oxygen atoms in total. The van der Waals surface area contributed by atoms with Gasteiger partial charge < -0.3 is 23.7 Å². The number of ether oxygens (including phenoxy) is 5. The summed E-state index contributed by atoms with van der Waals surface area (Å²) in [5.74, 6) is -3.51. The standard InChI is InChI=1S/C22H20O7/c1-25-19(23)17-18(20(24)26-2)22(27-3,28-4)29-21(17)15-11-7-5-9-13(15)14-10-6-8-12-16(14)21/h5-12H,1-4H3. The number of hydrogen-bond donors (Lipinski definition) is 0. The van der Waals surface area contributed by atoms with Crippen molar-refractivity contribution in [3.8, 4) is 11.1 Å². The molecule has 0 amide bonds. The van der Waals surface area contributed by atoms with Crippen LogP contribution in [0.25, 0.3) is 11.1 Å². The Morgan fingerprint density at radius 3 is 1.62 bits per heavy atom. The average Bonchev–Trinajstić information content (AvgIpc) is 3.24. The van der Waals surface area contributed by atoms with Crippen LogP contribution in [0.4, 0.5) is 0 Å². The van der Waals surface area contributed by atoms with Crippen molar-refractivity contribution in [2.24, 2.45) is 0 Å². The number of hydrogen-bond acceptors (Lipinski definition) is 7. The number of rotatable bonds is 4. The molecule has 1 aliphatic heterocycles. The van der Waals surface area contributed by atoms with Crippen LogP contribution in [0, 0.1) is 0 Å². The van der Waals surface area contributed by atoms with Gasteiger partial charge in [0.15, 0.2) is 5.60 Å². The molecule has 0 unspecified atom stereocenters. The topological polar surface area (TPSA) is 80.3 Å². The first kappa shape index (κ1) is 19.3. The molecule has 0 bridgehead atoms. The van der Waals surface area contributed by atoms with E-state index in [-0.39, 0.29) is 11.1 Å². The number of benzene rings is 2. The highest BCUT2D eigenvalue weighted by Gasteiger charge is 2.66. The Morgan fingerprint density at radius 2 is 1.17 bits per heavy atom. The Hall–Kier alpha value is -3.00. The SMILES string of the molecule is COC(=O)C1=C(C(=O)OC)C2(OC1(OC)OC)c1ccccc1-c1ccccc12. The molecule has 2 aromatic rings. The van der Waals surface area contributed by atoms with Gasteiger partial charge in [0.25, 0.3) is 0 Å². The van der Waals surface area contributed by atoms with Crippen molar-refractivity contribution in [1.82, 2.24) is 0 Å². The Bertz CT molecular complexity index is 987. The zero-order valence-electron chi connectivity index (χ0n) is 16.5. The van der Waals surface area contributed by atoms with Gasteiger partial charge in [0.1, 0.15) is 5.57 Å². The van der Waals surface area contributed by atoms with Crippen molar-refractivity contribution in [2.45, 2.75) is 11.6 Å². The Kier molecular flexibility index (Phi) is 4.53. The maximum absolute atomic E-state index is 13.1. The van der Waals surface area contributed by atoms with Crippen molar-refractivity contribution < 1.29 is 33.3 Å². The van der Waals surface area contributed by atoms with Crippen molar-refractivity contribution in [3.05, 3.63) is 70.8 Å². The molecule has 0 fully saturated rings. The molecule has 7 heteroatoms. The Labute approximate surface area is 167 Å². The van der Waals surface area contributed by atoms with Crippen molar-refractivity contribution in [3.63, 3.8) is 0 Å². The molecule has 0 radical (unpaired) electrons. The van der Waals surface area contributed by atoms with Gasteiger partial charge in [-0.1, -0.05) is 48.5 Å². The van der Waals surface area contributed by atoms with E-state index < -0.39 is 23.5 Å². The molecular weight excluding hydrogens is 376 g/mol. The predicted molar refractivity (Wildman–Crippen MR) is 102 cm³/mol. The molecule has 0 N–H and O–H groups in total. The summed E-state index contributed by atoms with van der Waals surface area (Å²) in [6.07, 6.45) is 0. The molecule has 150 valence electrons. The molecule has 0 atom stereocenters. The fourth-order valence-corrected chi connectivity index (χ4v) is 4.25. The van der Waals surface area contributed by atoms with E-state index in [9.17, 15) is 9.59 Å². The molecule has 0 saturated heterocycles. The first-order valence-corrected chi connectivity index (χ1v) is 8.92. The van der Waals surface area contributed by atoms with Gasteiger partial charge >= 0.3 is 17.9 Å². The second-order valence-electron chi connectivity index (χ2n) is 6.57. The zero-order chi connectivity index (χ0) is 20.8. The largest absolute Gasteiger partial charge is 0.466 e. The van der Waals surface area contributed by atoms with Crippen LogP contribution in [0.5, 0.6) is 0 Å². The van der Waals surface area contributed by atoms with E-state index >= 15 is 0 Å². The lowest BCUT2D eigenvalue weighted by molar-refractivity contribution is -0.350. The minimum Gasteiger partial charge on any atom is -0.466 e. The van der Waals surface area contributed by atoms with Gasteiger partial charge in [-0.15, -0.1) is 0 Å². The van der Waals surface area contributed by atoms with Crippen LogP contribution < -0.4 is 0 Å². The second-order valence-corrected chi connectivity index (χ2v) is 6.57. The van der Waals surface area contributed by atoms with Gasteiger partial charge in [0.2, 0.25) is 0 Å². The van der Waals surface area contributed by atoms with Gasteiger partial charge in [0.05, 0.1) is 19.8 Å². The summed E-state index contributed by atoms with van der Waals surface area (Å²) < 4.78 is 27.4. The van der Waals surface area contributed by atoms with E-state index in [4.69, 9.17) is 23.7 Å². The van der Waals surface area contributed by atoms with Gasteiger partial charge in [-0.3, -0.25) is 0 Å². The number of carbonyl (C=O) groups excluding carboxylic acids is 2. The van der Waals surface area contributed by atoms with E-state index in [1.54, 1.807) is 0 Å². The zero-order valence-corrected chi connectivity index (χ0v) is 16.5. The molecular formula is C22H20O7. The van der Waals surface area contributed by atoms with E-state index in [2.05, 4.69) is 0 Å². The summed E-state index contributed by atoms with van der Waals surface area (Å²) in [4.78, 5) is 25.9. The quantitative estimate of drug-likeness (QED) is 0.580. The van der Waals surface area contributed by atoms with E-state index in [0.29, 0.717) is 11.1 Å². The fraction of sp³-hybridized carbons (Fsp3) is 0.273. The predicted octanol–water partition coefficient (Wildman–Crippen LogP) is 2.53. The summed E-state index contributed by atoms with van der Waals surface area (Å²) in [6, 6.07) is 15.0. The molecule has 1 spiro atoms. The van der Waals surface area contributed by atoms with Crippen LogP contribution in [0.15, 0.2) is 59.7 Å². The minimum atomic E-state index is -1.96. The van der Waals surface area contributed by atoms with Crippen LogP contribution in [0.2, 0.25) is 0 Å². The number of esters is 2. The van der Waals surface area contributed by atoms with Crippen molar-refractivity contribution in [2.75, 3.05) is 28.4 Å². The van der Waals surface area contributed by atoms with E-state index in [1.165, 1.54) is 28.4 Å². The molecule has 4 rings (SSSR count). The van der Waals surface area contributed by atoms with Gasteiger partial charge in [-0.05, 0) is 11.1 Å². The van der Waals surface area contributed by atoms with Crippen LogP contribution in [-0.2, 0) is 38.9 Å². The molecule has 29 heavy (non-hydrogen) atoms. The summed E-state index contributed by atoms with van der Waals surface area (Å²) in [7, 11) is 5.10. The van der Waals surface area contributed by atoms with Gasteiger partial charge in [0, 0.05) is 25.3 Å². The van der Waals surface area contributed by atoms with Crippen molar-refractivity contribution >= 4 is 11.9 Å². The maximum Gasteiger partial charge on any atom is 0.342 e. The molecule has 1 heterocycles. The monoisotopic (exact) mass is 396 g/mol. The average molecular weight is 396 g/mol. The lowest BCUT2D eigenvalue weighted by Gasteiger charge is -2.33. The number of fused-ring (bicyclic) bond motifs is 5. The maximum atomic E-state index is 13.1. The number of carbonyl (C=O) groups is 2. The second kappa shape index (κ2) is 6.81. The minimum absolute atomic E-state index is 0.0343. The first-order chi connectivity index (χ1) is 14.0. The van der Waals surface area contributed by atoms with Gasteiger partial charge in [-0.2, -0.15) is 0 Å². The fourth-order valence-electron chi connectivity index (χ4n) is 4.25. The highest BCUT2D eigenvalue weighted by atomic mass is 16.9. The molecule has 1 aliphatic carbocycles. The van der Waals surface area contributed by atoms with E-state index in [0.717, 1.165) is 11.1 Å². The first-order valence-electron chi connectivity index (χ1n) is 8.92. The lowest BCUT2D eigenvalue weighted by atomic mass is 9.82. The van der Waals surface area contributed by atoms with Crippen LogP contribution in [-0.4, -0.2) is 46.4 Å². The highest BCUT2D eigenvalue weighted by Crippen LogP contribution is 2.60. The van der Waals surface area contributed by atoms with Crippen LogP contribution in [0.1, 0.15) is 11.1 Å². The molecule has 2 aromatic carbocycles. The normalized spacial score (nSPS) is 17.8. The molecule has 2 aliphatic rings.